The molecule has 0 unspecified atom stereocenters. The van der Waals surface area contributed by atoms with Crippen molar-refractivity contribution >= 4 is 21.8 Å². The van der Waals surface area contributed by atoms with E-state index in [2.05, 4.69) is 26.2 Å². The summed E-state index contributed by atoms with van der Waals surface area (Å²) in [4.78, 5) is 18.6. The number of halogens is 1. The number of benzene rings is 1. The van der Waals surface area contributed by atoms with Gasteiger partial charge >= 0.3 is 0 Å². The van der Waals surface area contributed by atoms with Crippen molar-refractivity contribution < 1.29 is 9.21 Å². The molecule has 128 valence electrons. The van der Waals surface area contributed by atoms with Gasteiger partial charge < -0.3 is 14.6 Å². The predicted molar refractivity (Wildman–Crippen MR) is 96.6 cm³/mol. The van der Waals surface area contributed by atoms with Gasteiger partial charge in [0.1, 0.15) is 0 Å². The fraction of sp³-hybridized carbons (Fsp3) is 0.444. The Morgan fingerprint density at radius 2 is 2.29 bits per heavy atom. The predicted octanol–water partition coefficient (Wildman–Crippen LogP) is 3.10. The van der Waals surface area contributed by atoms with Gasteiger partial charge in [0.2, 0.25) is 5.91 Å². The number of rotatable bonds is 6. The van der Waals surface area contributed by atoms with Crippen LogP contribution >= 0.6 is 15.9 Å². The van der Waals surface area contributed by atoms with Crippen LogP contribution < -0.4 is 5.32 Å². The molecule has 1 saturated heterocycles. The first kappa shape index (κ1) is 17.2. The molecule has 3 rings (SSSR count). The highest BCUT2D eigenvalue weighted by Crippen LogP contribution is 2.28. The molecule has 1 N–H and O–H groups in total. The van der Waals surface area contributed by atoms with Crippen molar-refractivity contribution in [2.24, 2.45) is 5.92 Å². The summed E-state index contributed by atoms with van der Waals surface area (Å²) < 4.78 is 6.77. The number of aryl methyl sites for hydroxylation is 1. The minimum absolute atomic E-state index is 0.189. The zero-order valence-electron chi connectivity index (χ0n) is 13.8. The molecule has 1 aromatic carbocycles. The average molecular weight is 392 g/mol. The number of carbonyl (C=O) groups is 1. The number of nitrogens with one attached hydrogen (secondary N) is 1. The van der Waals surface area contributed by atoms with Crippen molar-refractivity contribution in [2.75, 3.05) is 26.7 Å². The summed E-state index contributed by atoms with van der Waals surface area (Å²) in [6.45, 7) is 2.69. The molecule has 1 fully saturated rings. The summed E-state index contributed by atoms with van der Waals surface area (Å²) >= 11 is 3.51. The lowest BCUT2D eigenvalue weighted by Crippen LogP contribution is -2.30. The van der Waals surface area contributed by atoms with Gasteiger partial charge in [-0.1, -0.05) is 34.1 Å². The number of nitrogens with zero attached hydrogens (tertiary/aromatic N) is 2. The Hall–Kier alpha value is -1.66. The molecule has 2 aromatic rings. The lowest BCUT2D eigenvalue weighted by Gasteiger charge is -2.16. The van der Waals surface area contributed by atoms with Crippen molar-refractivity contribution in [3.05, 3.63) is 40.8 Å². The maximum Gasteiger partial charge on any atom is 0.223 e. The molecule has 0 saturated carbocycles. The van der Waals surface area contributed by atoms with Gasteiger partial charge in [-0.2, -0.15) is 0 Å². The van der Waals surface area contributed by atoms with Gasteiger partial charge in [-0.25, -0.2) is 4.98 Å². The van der Waals surface area contributed by atoms with Gasteiger partial charge in [-0.15, -0.1) is 0 Å². The highest BCUT2D eigenvalue weighted by atomic mass is 79.9. The highest BCUT2D eigenvalue weighted by Gasteiger charge is 2.25. The van der Waals surface area contributed by atoms with Crippen LogP contribution in [-0.4, -0.2) is 42.5 Å². The molecule has 2 heterocycles. The fourth-order valence-electron chi connectivity index (χ4n) is 3.10. The van der Waals surface area contributed by atoms with Crippen LogP contribution in [0.4, 0.5) is 0 Å². The number of carbonyl (C=O) groups excluding carboxylic acids is 1. The Kier molecular flexibility index (Phi) is 5.68. The minimum atomic E-state index is 0.189. The van der Waals surface area contributed by atoms with E-state index in [4.69, 9.17) is 4.42 Å². The number of likely N-dealkylation sites (tertiary alicyclic amines) is 1. The van der Waals surface area contributed by atoms with E-state index < -0.39 is 0 Å². The molecule has 1 aromatic heterocycles. The van der Waals surface area contributed by atoms with Crippen LogP contribution in [0.2, 0.25) is 0 Å². The largest absolute Gasteiger partial charge is 0.441 e. The number of hydrogen-bond donors (Lipinski definition) is 1. The van der Waals surface area contributed by atoms with Crippen molar-refractivity contribution in [3.63, 3.8) is 0 Å². The molecule has 0 spiro atoms. The Balaban J connectivity index is 1.54. The summed E-state index contributed by atoms with van der Waals surface area (Å²) in [5, 5.41) is 3.18. The molecule has 6 heteroatoms. The normalized spacial score (nSPS) is 17.4. The zero-order chi connectivity index (χ0) is 16.9. The van der Waals surface area contributed by atoms with Crippen molar-refractivity contribution in [2.45, 2.75) is 19.3 Å². The van der Waals surface area contributed by atoms with Gasteiger partial charge in [-0.3, -0.25) is 4.79 Å². The van der Waals surface area contributed by atoms with Crippen LogP contribution in [0, 0.1) is 5.92 Å². The van der Waals surface area contributed by atoms with Gasteiger partial charge in [0.15, 0.2) is 11.7 Å². The first-order chi connectivity index (χ1) is 11.7. The van der Waals surface area contributed by atoms with E-state index in [9.17, 15) is 4.79 Å². The molecular weight excluding hydrogens is 370 g/mol. The monoisotopic (exact) mass is 391 g/mol. The summed E-state index contributed by atoms with van der Waals surface area (Å²) in [5.74, 6) is 2.09. The third kappa shape index (κ3) is 4.05. The van der Waals surface area contributed by atoms with Crippen LogP contribution in [0.5, 0.6) is 0 Å². The Bertz CT molecular complexity index is 701. The standard InChI is InChI=1S/C18H22BrN3O2/c1-20-10-13-8-9-22(12-13)18(23)7-6-17-21-11-16(24-17)14-4-2-3-5-15(14)19/h2-5,11,13,20H,6-10,12H2,1H3/t13-/m1/s1. The SMILES string of the molecule is CNC[C@H]1CCN(C(=O)CCc2ncc(-c3ccccc3Br)o2)C1. The molecular formula is C18H22BrN3O2. The van der Waals surface area contributed by atoms with E-state index in [0.29, 0.717) is 24.7 Å². The number of hydrogen-bond acceptors (Lipinski definition) is 4. The van der Waals surface area contributed by atoms with Gasteiger partial charge in [0.25, 0.3) is 0 Å². The minimum Gasteiger partial charge on any atom is -0.441 e. The van der Waals surface area contributed by atoms with Gasteiger partial charge in [-0.05, 0) is 32.0 Å². The topological polar surface area (TPSA) is 58.4 Å². The van der Waals surface area contributed by atoms with Gasteiger partial charge in [0, 0.05) is 36.0 Å². The van der Waals surface area contributed by atoms with E-state index in [1.165, 1.54) is 0 Å². The second kappa shape index (κ2) is 7.94. The molecule has 1 amide bonds. The van der Waals surface area contributed by atoms with Gasteiger partial charge in [0.05, 0.1) is 6.20 Å². The molecule has 1 atom stereocenters. The third-order valence-corrected chi connectivity index (χ3v) is 5.07. The lowest BCUT2D eigenvalue weighted by atomic mass is 10.1. The third-order valence-electron chi connectivity index (χ3n) is 4.38. The Labute approximate surface area is 150 Å². The molecule has 1 aliphatic heterocycles. The maximum atomic E-state index is 12.3. The van der Waals surface area contributed by atoms with E-state index in [1.54, 1.807) is 6.20 Å². The molecule has 5 nitrogen and oxygen atoms in total. The van der Waals surface area contributed by atoms with Crippen LogP contribution in [0.3, 0.4) is 0 Å². The molecule has 0 radical (unpaired) electrons. The van der Waals surface area contributed by atoms with Crippen LogP contribution in [0.1, 0.15) is 18.7 Å². The molecule has 1 aliphatic rings. The quantitative estimate of drug-likeness (QED) is 0.821. The smallest absolute Gasteiger partial charge is 0.223 e. The zero-order valence-corrected chi connectivity index (χ0v) is 15.4. The summed E-state index contributed by atoms with van der Waals surface area (Å²) in [7, 11) is 1.95. The van der Waals surface area contributed by atoms with E-state index >= 15 is 0 Å². The van der Waals surface area contributed by atoms with E-state index in [0.717, 1.165) is 41.9 Å². The number of amides is 1. The molecule has 0 bridgehead atoms. The van der Waals surface area contributed by atoms with Crippen LogP contribution in [0.25, 0.3) is 11.3 Å². The van der Waals surface area contributed by atoms with Crippen LogP contribution in [0.15, 0.2) is 39.4 Å². The number of aromatic nitrogens is 1. The van der Waals surface area contributed by atoms with Crippen LogP contribution in [-0.2, 0) is 11.2 Å². The molecule has 0 aliphatic carbocycles. The van der Waals surface area contributed by atoms with Crippen molar-refractivity contribution in [1.29, 1.82) is 0 Å². The second-order valence-electron chi connectivity index (χ2n) is 6.15. The summed E-state index contributed by atoms with van der Waals surface area (Å²) in [5.41, 5.74) is 0.969. The Morgan fingerprint density at radius 1 is 1.46 bits per heavy atom. The summed E-state index contributed by atoms with van der Waals surface area (Å²) in [6, 6.07) is 7.86. The fourth-order valence-corrected chi connectivity index (χ4v) is 3.58. The van der Waals surface area contributed by atoms with E-state index in [1.807, 2.05) is 36.2 Å². The molecule has 24 heavy (non-hydrogen) atoms. The Morgan fingerprint density at radius 3 is 3.08 bits per heavy atom. The average Bonchev–Trinajstić information content (AvgIpc) is 3.23. The number of oxazole rings is 1. The summed E-state index contributed by atoms with van der Waals surface area (Å²) in [6.07, 6.45) is 3.79. The van der Waals surface area contributed by atoms with Crippen molar-refractivity contribution in [1.82, 2.24) is 15.2 Å². The second-order valence-corrected chi connectivity index (χ2v) is 7.00. The maximum absolute atomic E-state index is 12.3. The first-order valence-corrected chi connectivity index (χ1v) is 9.08. The van der Waals surface area contributed by atoms with Crippen molar-refractivity contribution in [3.8, 4) is 11.3 Å². The lowest BCUT2D eigenvalue weighted by molar-refractivity contribution is -0.130. The first-order valence-electron chi connectivity index (χ1n) is 8.29. The highest BCUT2D eigenvalue weighted by molar-refractivity contribution is 9.10. The van der Waals surface area contributed by atoms with E-state index in [-0.39, 0.29) is 5.91 Å².